The molecule has 0 aromatic rings. The third-order valence-corrected chi connectivity index (χ3v) is 5.64. The van der Waals surface area contributed by atoms with Crippen LogP contribution in [0, 0.1) is 0 Å². The van der Waals surface area contributed by atoms with Crippen LogP contribution in [-0.2, 0) is 24.0 Å². The molecular formula is C17H27N3O9S. The minimum Gasteiger partial charge on any atom is -0.481 e. The SMILES string of the molecule is CC1(O)CC(SCC(NC(=O)CCCC(=O)O)C(=O)NCC(=O)O)C(=O)N1CCO. The van der Waals surface area contributed by atoms with Crippen LogP contribution < -0.4 is 10.6 Å². The molecule has 1 rings (SSSR count). The molecule has 30 heavy (non-hydrogen) atoms. The van der Waals surface area contributed by atoms with Gasteiger partial charge in [-0.1, -0.05) is 0 Å². The molecule has 12 nitrogen and oxygen atoms in total. The number of β-amino-alcohol motifs (C(OH)–C–C–N with tert-alkyl or cyclic N) is 1. The summed E-state index contributed by atoms with van der Waals surface area (Å²) >= 11 is 1.02. The summed E-state index contributed by atoms with van der Waals surface area (Å²) in [6.07, 6.45) is -0.240. The van der Waals surface area contributed by atoms with Gasteiger partial charge in [-0.25, -0.2) is 0 Å². The summed E-state index contributed by atoms with van der Waals surface area (Å²) in [5.74, 6) is -4.18. The number of rotatable bonds is 13. The summed E-state index contributed by atoms with van der Waals surface area (Å²) in [7, 11) is 0. The van der Waals surface area contributed by atoms with Crippen LogP contribution in [0.1, 0.15) is 32.6 Å². The zero-order valence-electron chi connectivity index (χ0n) is 16.5. The Bertz CT molecular complexity index is 671. The number of aliphatic hydroxyl groups is 2. The van der Waals surface area contributed by atoms with Crippen LogP contribution in [0.25, 0.3) is 0 Å². The number of carbonyl (C=O) groups is 5. The highest BCUT2D eigenvalue weighted by Crippen LogP contribution is 2.34. The Morgan fingerprint density at radius 3 is 2.47 bits per heavy atom. The second-order valence-electron chi connectivity index (χ2n) is 6.94. The van der Waals surface area contributed by atoms with Crippen molar-refractivity contribution in [3.63, 3.8) is 0 Å². The van der Waals surface area contributed by atoms with Crippen molar-refractivity contribution in [1.82, 2.24) is 15.5 Å². The summed E-state index contributed by atoms with van der Waals surface area (Å²) in [6.45, 7) is 0.399. The molecule has 1 saturated heterocycles. The maximum atomic E-state index is 12.4. The maximum Gasteiger partial charge on any atom is 0.322 e. The van der Waals surface area contributed by atoms with Gasteiger partial charge in [0, 0.05) is 31.6 Å². The molecule has 0 bridgehead atoms. The fourth-order valence-electron chi connectivity index (χ4n) is 2.89. The number of carbonyl (C=O) groups excluding carboxylic acids is 3. The van der Waals surface area contributed by atoms with E-state index < -0.39 is 53.2 Å². The van der Waals surface area contributed by atoms with E-state index in [0.717, 1.165) is 16.7 Å². The number of aliphatic carboxylic acids is 2. The first-order chi connectivity index (χ1) is 14.0. The van der Waals surface area contributed by atoms with Crippen LogP contribution in [0.15, 0.2) is 0 Å². The molecule has 0 radical (unpaired) electrons. The van der Waals surface area contributed by atoms with Crippen LogP contribution in [0.4, 0.5) is 0 Å². The topological polar surface area (TPSA) is 194 Å². The van der Waals surface area contributed by atoms with Gasteiger partial charge in [0.1, 0.15) is 18.3 Å². The Morgan fingerprint density at radius 2 is 1.90 bits per heavy atom. The van der Waals surface area contributed by atoms with E-state index in [1.807, 2.05) is 0 Å². The molecule has 6 N–H and O–H groups in total. The van der Waals surface area contributed by atoms with E-state index in [2.05, 4.69) is 10.6 Å². The summed E-state index contributed by atoms with van der Waals surface area (Å²) in [4.78, 5) is 59.1. The Kier molecular flexibility index (Phi) is 10.0. The number of carboxylic acids is 2. The van der Waals surface area contributed by atoms with Crippen molar-refractivity contribution in [2.75, 3.05) is 25.4 Å². The predicted octanol–water partition coefficient (Wildman–Crippen LogP) is -2.04. The molecule has 1 fully saturated rings. The van der Waals surface area contributed by atoms with Gasteiger partial charge in [-0.15, -0.1) is 11.8 Å². The van der Waals surface area contributed by atoms with Crippen molar-refractivity contribution < 1.29 is 44.4 Å². The van der Waals surface area contributed by atoms with Gasteiger partial charge in [-0.2, -0.15) is 0 Å². The van der Waals surface area contributed by atoms with E-state index in [1.165, 1.54) is 6.92 Å². The van der Waals surface area contributed by atoms with Crippen molar-refractivity contribution >= 4 is 41.4 Å². The van der Waals surface area contributed by atoms with E-state index in [1.54, 1.807) is 0 Å². The Labute approximate surface area is 177 Å². The zero-order valence-corrected chi connectivity index (χ0v) is 17.3. The first-order valence-electron chi connectivity index (χ1n) is 9.25. The summed E-state index contributed by atoms with van der Waals surface area (Å²) in [6, 6.07) is -1.16. The maximum absolute atomic E-state index is 12.4. The van der Waals surface area contributed by atoms with Gasteiger partial charge in [0.25, 0.3) is 0 Å². The van der Waals surface area contributed by atoms with Crippen molar-refractivity contribution in [3.8, 4) is 0 Å². The quantitative estimate of drug-likeness (QED) is 0.182. The monoisotopic (exact) mass is 449 g/mol. The van der Waals surface area contributed by atoms with E-state index in [9.17, 15) is 29.1 Å². The van der Waals surface area contributed by atoms with Crippen LogP contribution in [0.3, 0.4) is 0 Å². The third-order valence-electron chi connectivity index (χ3n) is 4.34. The van der Waals surface area contributed by atoms with E-state index in [-0.39, 0.29) is 44.6 Å². The average molecular weight is 449 g/mol. The summed E-state index contributed by atoms with van der Waals surface area (Å²) < 4.78 is 0. The van der Waals surface area contributed by atoms with Gasteiger partial charge >= 0.3 is 11.9 Å². The van der Waals surface area contributed by atoms with Crippen molar-refractivity contribution in [2.24, 2.45) is 0 Å². The standard InChI is InChI=1S/C17H27N3O9S/c1-17(29)7-11(16(28)20(17)5-6-21)30-9-10(15(27)18-8-14(25)26)19-12(22)3-2-4-13(23)24/h10-11,21,29H,2-9H2,1H3,(H,18,27)(H,19,22)(H,23,24)(H,25,26). The molecular weight excluding hydrogens is 422 g/mol. The molecule has 1 heterocycles. The van der Waals surface area contributed by atoms with Crippen LogP contribution in [0.5, 0.6) is 0 Å². The minimum absolute atomic E-state index is 0.0481. The molecule has 0 saturated carbocycles. The molecule has 170 valence electrons. The van der Waals surface area contributed by atoms with E-state index >= 15 is 0 Å². The van der Waals surface area contributed by atoms with Crippen molar-refractivity contribution in [1.29, 1.82) is 0 Å². The number of likely N-dealkylation sites (tertiary alicyclic amines) is 1. The molecule has 13 heteroatoms. The first kappa shape index (κ1) is 25.7. The lowest BCUT2D eigenvalue weighted by Crippen LogP contribution is -2.49. The second-order valence-corrected chi connectivity index (χ2v) is 8.17. The fraction of sp³-hybridized carbons (Fsp3) is 0.706. The lowest BCUT2D eigenvalue weighted by atomic mass is 10.2. The predicted molar refractivity (Wildman–Crippen MR) is 104 cm³/mol. The molecule has 3 unspecified atom stereocenters. The van der Waals surface area contributed by atoms with E-state index in [0.29, 0.717) is 0 Å². The lowest BCUT2D eigenvalue weighted by molar-refractivity contribution is -0.143. The Balaban J connectivity index is 2.74. The van der Waals surface area contributed by atoms with Crippen LogP contribution in [0.2, 0.25) is 0 Å². The zero-order chi connectivity index (χ0) is 22.9. The fourth-order valence-corrected chi connectivity index (χ4v) is 4.25. The van der Waals surface area contributed by atoms with Gasteiger partial charge in [-0.05, 0) is 13.3 Å². The highest BCUT2D eigenvalue weighted by molar-refractivity contribution is 8.00. The number of nitrogens with zero attached hydrogens (tertiary/aromatic N) is 1. The first-order valence-corrected chi connectivity index (χ1v) is 10.3. The normalized spacial score (nSPS) is 21.9. The van der Waals surface area contributed by atoms with Gasteiger partial charge in [0.2, 0.25) is 17.7 Å². The highest BCUT2D eigenvalue weighted by atomic mass is 32.2. The molecule has 1 aliphatic heterocycles. The second kappa shape index (κ2) is 11.7. The number of carboxylic acid groups (broad SMARTS) is 2. The summed E-state index contributed by atoms with van der Waals surface area (Å²) in [5.41, 5.74) is -1.46. The smallest absolute Gasteiger partial charge is 0.322 e. The average Bonchev–Trinajstić information content (AvgIpc) is 2.86. The number of hydrogen-bond acceptors (Lipinski definition) is 8. The number of amides is 3. The molecule has 0 spiro atoms. The molecule has 0 aromatic heterocycles. The van der Waals surface area contributed by atoms with Crippen LogP contribution in [-0.4, -0.2) is 97.5 Å². The highest BCUT2D eigenvalue weighted by Gasteiger charge is 2.46. The van der Waals surface area contributed by atoms with Crippen molar-refractivity contribution in [2.45, 2.75) is 49.6 Å². The Hall–Kier alpha value is -2.38. The molecule has 3 amide bonds. The van der Waals surface area contributed by atoms with Gasteiger partial charge < -0.3 is 36.0 Å². The van der Waals surface area contributed by atoms with Gasteiger partial charge in [-0.3, -0.25) is 24.0 Å². The number of nitrogens with one attached hydrogen (secondary N) is 2. The largest absolute Gasteiger partial charge is 0.481 e. The minimum atomic E-state index is -1.46. The Morgan fingerprint density at radius 1 is 1.23 bits per heavy atom. The third kappa shape index (κ3) is 8.16. The number of thioether (sulfide) groups is 1. The van der Waals surface area contributed by atoms with Gasteiger partial charge in [0.05, 0.1) is 11.9 Å². The summed E-state index contributed by atoms with van der Waals surface area (Å²) in [5, 5.41) is 40.6. The van der Waals surface area contributed by atoms with Gasteiger partial charge in [0.15, 0.2) is 0 Å². The number of aliphatic hydroxyl groups excluding tert-OH is 1. The molecule has 0 aromatic carbocycles. The molecule has 3 atom stereocenters. The number of hydrogen-bond donors (Lipinski definition) is 6. The molecule has 0 aliphatic carbocycles. The van der Waals surface area contributed by atoms with Crippen LogP contribution >= 0.6 is 11.8 Å². The van der Waals surface area contributed by atoms with E-state index in [4.69, 9.17) is 15.3 Å². The lowest BCUT2D eigenvalue weighted by Gasteiger charge is -2.28. The van der Waals surface area contributed by atoms with Crippen molar-refractivity contribution in [3.05, 3.63) is 0 Å². The molecule has 1 aliphatic rings.